The summed E-state index contributed by atoms with van der Waals surface area (Å²) in [7, 11) is 0. The molecule has 1 N–H and O–H groups in total. The van der Waals surface area contributed by atoms with E-state index in [4.69, 9.17) is 11.6 Å². The molecule has 0 aliphatic heterocycles. The predicted octanol–water partition coefficient (Wildman–Crippen LogP) is 2.69. The summed E-state index contributed by atoms with van der Waals surface area (Å²) in [6.45, 7) is 1.90. The van der Waals surface area contributed by atoms with E-state index in [-0.39, 0.29) is 0 Å². The lowest BCUT2D eigenvalue weighted by atomic mass is 10.1. The first-order valence-corrected chi connectivity index (χ1v) is 5.29. The van der Waals surface area contributed by atoms with E-state index in [9.17, 15) is 0 Å². The van der Waals surface area contributed by atoms with Gasteiger partial charge in [0.1, 0.15) is 5.82 Å². The van der Waals surface area contributed by atoms with E-state index in [1.165, 1.54) is 0 Å². The molecule has 0 amide bonds. The SMILES string of the molecule is Cc1nnc2cc(-c3ccccc3Cl)[nH]n12. The molecule has 80 valence electrons. The zero-order valence-corrected chi connectivity index (χ0v) is 9.36. The lowest BCUT2D eigenvalue weighted by Gasteiger charge is -1.99. The summed E-state index contributed by atoms with van der Waals surface area (Å²) in [5, 5.41) is 11.9. The van der Waals surface area contributed by atoms with Crippen LogP contribution in [0.1, 0.15) is 5.82 Å². The third-order valence-electron chi connectivity index (χ3n) is 2.52. The summed E-state index contributed by atoms with van der Waals surface area (Å²) >= 11 is 6.13. The molecule has 0 atom stereocenters. The molecule has 1 aromatic carbocycles. The smallest absolute Gasteiger partial charge is 0.177 e. The van der Waals surface area contributed by atoms with Crippen molar-refractivity contribution in [3.63, 3.8) is 0 Å². The first-order valence-electron chi connectivity index (χ1n) is 4.91. The normalized spacial score (nSPS) is 11.1. The molecule has 0 aliphatic rings. The maximum absolute atomic E-state index is 6.13. The van der Waals surface area contributed by atoms with Crippen molar-refractivity contribution < 1.29 is 0 Å². The quantitative estimate of drug-likeness (QED) is 0.701. The van der Waals surface area contributed by atoms with Crippen LogP contribution >= 0.6 is 11.6 Å². The van der Waals surface area contributed by atoms with Gasteiger partial charge in [0.15, 0.2) is 5.65 Å². The van der Waals surface area contributed by atoms with Crippen LogP contribution in [0.3, 0.4) is 0 Å². The van der Waals surface area contributed by atoms with E-state index >= 15 is 0 Å². The van der Waals surface area contributed by atoms with Crippen molar-refractivity contribution in [3.05, 3.63) is 41.2 Å². The Morgan fingerprint density at radius 1 is 1.25 bits per heavy atom. The van der Waals surface area contributed by atoms with Crippen LogP contribution < -0.4 is 0 Å². The predicted molar refractivity (Wildman–Crippen MR) is 62.5 cm³/mol. The number of halogens is 1. The summed E-state index contributed by atoms with van der Waals surface area (Å²) in [6.07, 6.45) is 0. The molecule has 2 heterocycles. The fourth-order valence-corrected chi connectivity index (χ4v) is 1.95. The number of aromatic nitrogens is 4. The fraction of sp³-hybridized carbons (Fsp3) is 0.0909. The lowest BCUT2D eigenvalue weighted by molar-refractivity contribution is 0.897. The maximum atomic E-state index is 6.13. The number of nitrogens with one attached hydrogen (secondary N) is 1. The van der Waals surface area contributed by atoms with Crippen molar-refractivity contribution in [1.29, 1.82) is 0 Å². The average molecular weight is 233 g/mol. The average Bonchev–Trinajstić information content (AvgIpc) is 2.82. The number of H-pyrrole nitrogens is 1. The van der Waals surface area contributed by atoms with Gasteiger partial charge in [-0.05, 0) is 13.0 Å². The van der Waals surface area contributed by atoms with Crippen LogP contribution in [0.25, 0.3) is 16.9 Å². The van der Waals surface area contributed by atoms with Gasteiger partial charge in [-0.1, -0.05) is 29.8 Å². The van der Waals surface area contributed by atoms with E-state index in [1.807, 2.05) is 41.8 Å². The first-order chi connectivity index (χ1) is 7.75. The van der Waals surface area contributed by atoms with Crippen molar-refractivity contribution in [2.45, 2.75) is 6.92 Å². The lowest BCUT2D eigenvalue weighted by Crippen LogP contribution is -1.88. The molecule has 16 heavy (non-hydrogen) atoms. The second-order valence-electron chi connectivity index (χ2n) is 3.59. The monoisotopic (exact) mass is 232 g/mol. The second kappa shape index (κ2) is 3.35. The number of benzene rings is 1. The van der Waals surface area contributed by atoms with Crippen LogP contribution in [-0.2, 0) is 0 Å². The maximum Gasteiger partial charge on any atom is 0.177 e. The fourth-order valence-electron chi connectivity index (χ4n) is 1.71. The standard InChI is InChI=1S/C11H9ClN4/c1-7-13-14-11-6-10(15-16(7)11)8-4-2-3-5-9(8)12/h2-6,15H,1H3. The minimum atomic E-state index is 0.720. The third kappa shape index (κ3) is 1.31. The molecule has 0 bridgehead atoms. The highest BCUT2D eigenvalue weighted by Gasteiger charge is 2.09. The molecule has 4 nitrogen and oxygen atoms in total. The van der Waals surface area contributed by atoms with Gasteiger partial charge in [-0.3, -0.25) is 5.10 Å². The molecular weight excluding hydrogens is 224 g/mol. The van der Waals surface area contributed by atoms with Gasteiger partial charge in [0.05, 0.1) is 5.69 Å². The van der Waals surface area contributed by atoms with Gasteiger partial charge in [0.2, 0.25) is 0 Å². The van der Waals surface area contributed by atoms with Crippen LogP contribution in [0.4, 0.5) is 0 Å². The molecule has 0 aliphatic carbocycles. The zero-order chi connectivity index (χ0) is 11.1. The van der Waals surface area contributed by atoms with Crippen LogP contribution in [0, 0.1) is 6.92 Å². The van der Waals surface area contributed by atoms with Gasteiger partial charge >= 0.3 is 0 Å². The number of nitrogens with zero attached hydrogens (tertiary/aromatic N) is 3. The van der Waals surface area contributed by atoms with Crippen molar-refractivity contribution in [3.8, 4) is 11.3 Å². The van der Waals surface area contributed by atoms with Gasteiger partial charge in [0.25, 0.3) is 0 Å². The highest BCUT2D eigenvalue weighted by atomic mass is 35.5. The van der Waals surface area contributed by atoms with Crippen molar-refractivity contribution in [2.75, 3.05) is 0 Å². The first kappa shape index (κ1) is 9.42. The third-order valence-corrected chi connectivity index (χ3v) is 2.85. The summed E-state index contributed by atoms with van der Waals surface area (Å²) in [6, 6.07) is 9.63. The number of fused-ring (bicyclic) bond motifs is 1. The molecule has 3 aromatic rings. The van der Waals surface area contributed by atoms with Gasteiger partial charge in [0, 0.05) is 16.7 Å². The number of aromatic amines is 1. The molecule has 5 heteroatoms. The number of hydrogen-bond acceptors (Lipinski definition) is 2. The van der Waals surface area contributed by atoms with Gasteiger partial charge in [-0.15, -0.1) is 10.2 Å². The molecule has 2 aromatic heterocycles. The highest BCUT2D eigenvalue weighted by molar-refractivity contribution is 6.33. The molecule has 0 spiro atoms. The molecule has 3 rings (SSSR count). The Labute approximate surface area is 96.9 Å². The van der Waals surface area contributed by atoms with E-state index in [0.717, 1.165) is 27.8 Å². The topological polar surface area (TPSA) is 46.0 Å². The summed E-state index contributed by atoms with van der Waals surface area (Å²) in [5.74, 6) is 0.827. The number of hydrogen-bond donors (Lipinski definition) is 1. The molecule has 0 saturated carbocycles. The number of aryl methyl sites for hydroxylation is 1. The van der Waals surface area contributed by atoms with E-state index in [1.54, 1.807) is 0 Å². The summed E-state index contributed by atoms with van der Waals surface area (Å²) in [4.78, 5) is 0. The Morgan fingerprint density at radius 3 is 2.81 bits per heavy atom. The summed E-state index contributed by atoms with van der Waals surface area (Å²) < 4.78 is 1.83. The zero-order valence-electron chi connectivity index (χ0n) is 8.61. The van der Waals surface area contributed by atoms with Gasteiger partial charge in [-0.25, -0.2) is 4.52 Å². The second-order valence-corrected chi connectivity index (χ2v) is 4.00. The van der Waals surface area contributed by atoms with Crippen molar-refractivity contribution >= 4 is 17.2 Å². The molecule has 0 radical (unpaired) electrons. The van der Waals surface area contributed by atoms with E-state index < -0.39 is 0 Å². The van der Waals surface area contributed by atoms with E-state index in [0.29, 0.717) is 0 Å². The Bertz CT molecular complexity index is 653. The van der Waals surface area contributed by atoms with Crippen LogP contribution in [0.2, 0.25) is 5.02 Å². The molecule has 0 unspecified atom stereocenters. The highest BCUT2D eigenvalue weighted by Crippen LogP contribution is 2.26. The Hall–Kier alpha value is -1.81. The van der Waals surface area contributed by atoms with Crippen molar-refractivity contribution in [1.82, 2.24) is 19.8 Å². The Kier molecular flexibility index (Phi) is 1.97. The number of rotatable bonds is 1. The van der Waals surface area contributed by atoms with Gasteiger partial charge in [-0.2, -0.15) is 0 Å². The minimum absolute atomic E-state index is 0.720. The van der Waals surface area contributed by atoms with E-state index in [2.05, 4.69) is 15.3 Å². The summed E-state index contributed by atoms with van der Waals surface area (Å²) in [5.41, 5.74) is 2.71. The van der Waals surface area contributed by atoms with Crippen LogP contribution in [0.5, 0.6) is 0 Å². The van der Waals surface area contributed by atoms with Gasteiger partial charge < -0.3 is 0 Å². The molecular formula is C11H9ClN4. The molecule has 0 fully saturated rings. The largest absolute Gasteiger partial charge is 0.290 e. The van der Waals surface area contributed by atoms with Crippen molar-refractivity contribution in [2.24, 2.45) is 0 Å². The minimum Gasteiger partial charge on any atom is -0.290 e. The molecule has 0 saturated heterocycles. The van der Waals surface area contributed by atoms with Crippen LogP contribution in [0.15, 0.2) is 30.3 Å². The van der Waals surface area contributed by atoms with Crippen LogP contribution in [-0.4, -0.2) is 19.8 Å². The Morgan fingerprint density at radius 2 is 2.06 bits per heavy atom. The Balaban J connectivity index is 2.23.